The number of rotatable bonds is 4. The lowest BCUT2D eigenvalue weighted by molar-refractivity contribution is -0.135. The quantitative estimate of drug-likeness (QED) is 0.500. The average molecular weight is 415 g/mol. The van der Waals surface area contributed by atoms with Gasteiger partial charge in [-0.3, -0.25) is 9.78 Å². The highest BCUT2D eigenvalue weighted by Crippen LogP contribution is 2.37. The molecule has 4 heterocycles. The Kier molecular flexibility index (Phi) is 4.61. The van der Waals surface area contributed by atoms with E-state index in [-0.39, 0.29) is 5.91 Å². The number of benzene rings is 1. The van der Waals surface area contributed by atoms with Crippen LogP contribution in [0.25, 0.3) is 16.3 Å². The van der Waals surface area contributed by atoms with Crippen LogP contribution in [0.2, 0.25) is 0 Å². The molecule has 0 fully saturated rings. The second kappa shape index (κ2) is 7.57. The molecule has 1 unspecified atom stereocenters. The predicted octanol–water partition coefficient (Wildman–Crippen LogP) is 4.23. The summed E-state index contributed by atoms with van der Waals surface area (Å²) < 4.78 is 7.98. The fourth-order valence-corrected chi connectivity index (χ4v) is 4.00. The monoisotopic (exact) mass is 415 g/mol. The molecule has 8 heteroatoms. The van der Waals surface area contributed by atoms with Gasteiger partial charge in [-0.05, 0) is 35.7 Å². The van der Waals surface area contributed by atoms with Crippen molar-refractivity contribution in [2.24, 2.45) is 5.10 Å². The third-order valence-corrected chi connectivity index (χ3v) is 5.55. The Morgan fingerprint density at radius 2 is 1.87 bits per heavy atom. The lowest BCUT2D eigenvalue weighted by atomic mass is 10.2. The molecule has 7 nitrogen and oxygen atoms in total. The largest absolute Gasteiger partial charge is 0.446 e. The van der Waals surface area contributed by atoms with E-state index in [9.17, 15) is 4.79 Å². The van der Waals surface area contributed by atoms with Crippen molar-refractivity contribution >= 4 is 23.1 Å². The van der Waals surface area contributed by atoms with Gasteiger partial charge >= 0.3 is 0 Å². The Morgan fingerprint density at radius 1 is 1.07 bits per heavy atom. The van der Waals surface area contributed by atoms with Crippen LogP contribution in [0, 0.1) is 0 Å². The first-order valence-electron chi connectivity index (χ1n) is 9.35. The fraction of sp³-hybridized carbons (Fsp3) is 0.0909. The van der Waals surface area contributed by atoms with E-state index in [2.05, 4.69) is 10.1 Å². The molecular formula is C22H17N5O2S. The van der Waals surface area contributed by atoms with Gasteiger partial charge in [-0.1, -0.05) is 24.3 Å². The molecule has 0 N–H and O–H groups in total. The van der Waals surface area contributed by atoms with Crippen molar-refractivity contribution in [3.05, 3.63) is 89.7 Å². The normalized spacial score (nSPS) is 15.7. The molecule has 1 aliphatic rings. The Labute approximate surface area is 176 Å². The molecule has 1 aliphatic heterocycles. The molecule has 0 radical (unpaired) electrons. The van der Waals surface area contributed by atoms with Crippen LogP contribution in [0.1, 0.15) is 24.3 Å². The number of carbonyl (C=O) groups excluding carboxylic acids is 1. The van der Waals surface area contributed by atoms with Crippen molar-refractivity contribution in [3.8, 4) is 16.3 Å². The van der Waals surface area contributed by atoms with Crippen molar-refractivity contribution in [3.63, 3.8) is 0 Å². The minimum atomic E-state index is -0.708. The van der Waals surface area contributed by atoms with Gasteiger partial charge in [0.05, 0.1) is 16.1 Å². The first-order valence-corrected chi connectivity index (χ1v) is 10.2. The second-order valence-electron chi connectivity index (χ2n) is 6.67. The molecular weight excluding hydrogens is 398 g/mol. The molecule has 0 saturated heterocycles. The summed E-state index contributed by atoms with van der Waals surface area (Å²) in [5.41, 5.74) is 3.21. The summed E-state index contributed by atoms with van der Waals surface area (Å²) in [5.74, 6) is 0.163. The van der Waals surface area contributed by atoms with E-state index < -0.39 is 6.23 Å². The van der Waals surface area contributed by atoms with Gasteiger partial charge in [-0.2, -0.15) is 10.1 Å². The predicted molar refractivity (Wildman–Crippen MR) is 114 cm³/mol. The molecule has 3 aromatic heterocycles. The highest BCUT2D eigenvalue weighted by molar-refractivity contribution is 7.13. The zero-order valence-corrected chi connectivity index (χ0v) is 16.9. The van der Waals surface area contributed by atoms with Crippen molar-refractivity contribution in [1.29, 1.82) is 0 Å². The standard InChI is InChI=1S/C22H17N5O2S/c1-15(28)27-22(29-21(25-27)16-9-11-23-12-10-16)18-14-26(17-6-3-2-4-7-17)24-20(18)19-8-5-13-30-19/h2-14,22H,1H3. The number of hydrazone groups is 1. The van der Waals surface area contributed by atoms with Gasteiger partial charge in [0.25, 0.3) is 0 Å². The van der Waals surface area contributed by atoms with Crippen LogP contribution < -0.4 is 0 Å². The zero-order valence-electron chi connectivity index (χ0n) is 16.0. The molecule has 0 saturated carbocycles. The first kappa shape index (κ1) is 18.3. The van der Waals surface area contributed by atoms with Gasteiger partial charge in [-0.15, -0.1) is 16.4 Å². The fourth-order valence-electron chi connectivity index (χ4n) is 3.27. The summed E-state index contributed by atoms with van der Waals surface area (Å²) in [6, 6.07) is 17.4. The molecule has 0 aliphatic carbocycles. The maximum atomic E-state index is 12.4. The zero-order chi connectivity index (χ0) is 20.5. The number of hydrogen-bond acceptors (Lipinski definition) is 6. The third-order valence-electron chi connectivity index (χ3n) is 4.68. The Hall–Kier alpha value is -3.78. The Bertz CT molecular complexity index is 1200. The van der Waals surface area contributed by atoms with Gasteiger partial charge in [0.15, 0.2) is 0 Å². The molecule has 1 aromatic carbocycles. The van der Waals surface area contributed by atoms with Crippen molar-refractivity contribution in [2.75, 3.05) is 0 Å². The molecule has 30 heavy (non-hydrogen) atoms. The molecule has 1 atom stereocenters. The topological polar surface area (TPSA) is 72.6 Å². The molecule has 0 bridgehead atoms. The minimum Gasteiger partial charge on any atom is -0.446 e. The van der Waals surface area contributed by atoms with Gasteiger partial charge in [-0.25, -0.2) is 4.68 Å². The minimum absolute atomic E-state index is 0.214. The lowest BCUT2D eigenvalue weighted by Gasteiger charge is -2.18. The number of ether oxygens (including phenoxy) is 1. The van der Waals surface area contributed by atoms with E-state index in [4.69, 9.17) is 9.84 Å². The number of nitrogens with zero attached hydrogens (tertiary/aromatic N) is 5. The number of pyridine rings is 1. The van der Waals surface area contributed by atoms with Gasteiger partial charge in [0.1, 0.15) is 5.69 Å². The number of carbonyl (C=O) groups is 1. The first-order chi connectivity index (χ1) is 14.7. The molecule has 5 rings (SSSR count). The van der Waals surface area contributed by atoms with Crippen LogP contribution in [-0.4, -0.2) is 31.6 Å². The Morgan fingerprint density at radius 3 is 2.57 bits per heavy atom. The SMILES string of the molecule is CC(=O)N1N=C(c2ccncc2)OC1c1cn(-c2ccccc2)nc1-c1cccs1. The maximum absolute atomic E-state index is 12.4. The second-order valence-corrected chi connectivity index (χ2v) is 7.61. The van der Waals surface area contributed by atoms with Gasteiger partial charge in [0.2, 0.25) is 18.0 Å². The Balaban J connectivity index is 1.60. The van der Waals surface area contributed by atoms with Crippen LogP contribution in [0.3, 0.4) is 0 Å². The highest BCUT2D eigenvalue weighted by atomic mass is 32.1. The van der Waals surface area contributed by atoms with E-state index in [1.807, 2.05) is 54.0 Å². The molecule has 148 valence electrons. The summed E-state index contributed by atoms with van der Waals surface area (Å²) in [6.07, 6.45) is 4.52. The number of para-hydroxylation sites is 1. The van der Waals surface area contributed by atoms with Crippen molar-refractivity contribution < 1.29 is 9.53 Å². The number of aromatic nitrogens is 3. The molecule has 4 aromatic rings. The van der Waals surface area contributed by atoms with E-state index in [0.717, 1.165) is 27.4 Å². The van der Waals surface area contributed by atoms with Crippen LogP contribution in [-0.2, 0) is 9.53 Å². The lowest BCUT2D eigenvalue weighted by Crippen LogP contribution is -2.25. The summed E-state index contributed by atoms with van der Waals surface area (Å²) >= 11 is 1.58. The maximum Gasteiger partial charge on any atom is 0.243 e. The van der Waals surface area contributed by atoms with E-state index in [1.54, 1.807) is 40.5 Å². The number of hydrogen-bond donors (Lipinski definition) is 0. The summed E-state index contributed by atoms with van der Waals surface area (Å²) in [6.45, 7) is 1.47. The third kappa shape index (κ3) is 3.27. The highest BCUT2D eigenvalue weighted by Gasteiger charge is 2.36. The van der Waals surface area contributed by atoms with E-state index in [0.29, 0.717) is 5.90 Å². The van der Waals surface area contributed by atoms with Gasteiger partial charge < -0.3 is 4.74 Å². The summed E-state index contributed by atoms with van der Waals surface area (Å²) in [4.78, 5) is 17.4. The summed E-state index contributed by atoms with van der Waals surface area (Å²) in [5, 5.41) is 12.6. The smallest absolute Gasteiger partial charge is 0.243 e. The van der Waals surface area contributed by atoms with Crippen LogP contribution in [0.5, 0.6) is 0 Å². The number of amides is 1. The van der Waals surface area contributed by atoms with Crippen LogP contribution in [0.15, 0.2) is 83.7 Å². The average Bonchev–Trinajstić information content (AvgIpc) is 3.53. The molecule has 1 amide bonds. The summed E-state index contributed by atoms with van der Waals surface area (Å²) in [7, 11) is 0. The van der Waals surface area contributed by atoms with Gasteiger partial charge in [0, 0.05) is 31.1 Å². The van der Waals surface area contributed by atoms with Crippen LogP contribution in [0.4, 0.5) is 0 Å². The van der Waals surface area contributed by atoms with Crippen LogP contribution >= 0.6 is 11.3 Å². The van der Waals surface area contributed by atoms with Crippen molar-refractivity contribution in [1.82, 2.24) is 19.8 Å². The van der Waals surface area contributed by atoms with Crippen molar-refractivity contribution in [2.45, 2.75) is 13.2 Å². The van der Waals surface area contributed by atoms with E-state index in [1.165, 1.54) is 11.9 Å². The molecule has 0 spiro atoms. The number of thiophene rings is 1. The van der Waals surface area contributed by atoms with E-state index >= 15 is 0 Å².